The Morgan fingerprint density at radius 2 is 2.33 bits per heavy atom. The first kappa shape index (κ1) is 15.7. The first-order valence-corrected chi connectivity index (χ1v) is 7.10. The monoisotopic (exact) mass is 312 g/mol. The van der Waals surface area contributed by atoms with Gasteiger partial charge in [-0.05, 0) is 31.4 Å². The van der Waals surface area contributed by atoms with Crippen molar-refractivity contribution in [1.82, 2.24) is 9.88 Å². The summed E-state index contributed by atoms with van der Waals surface area (Å²) in [4.78, 5) is 28.2. The van der Waals surface area contributed by atoms with Crippen LogP contribution in [0.2, 0.25) is 5.15 Å². The van der Waals surface area contributed by atoms with Crippen molar-refractivity contribution in [3.8, 4) is 0 Å². The summed E-state index contributed by atoms with van der Waals surface area (Å²) in [6.07, 6.45) is 3.84. The highest BCUT2D eigenvalue weighted by molar-refractivity contribution is 6.29. The molecule has 2 atom stereocenters. The molecule has 2 unspecified atom stereocenters. The summed E-state index contributed by atoms with van der Waals surface area (Å²) in [5, 5.41) is 11.1. The minimum atomic E-state index is -0.626. The van der Waals surface area contributed by atoms with Crippen molar-refractivity contribution in [2.75, 3.05) is 13.6 Å². The van der Waals surface area contributed by atoms with Gasteiger partial charge in [0.15, 0.2) is 0 Å². The third-order valence-electron chi connectivity index (χ3n) is 4.02. The van der Waals surface area contributed by atoms with E-state index >= 15 is 0 Å². The van der Waals surface area contributed by atoms with Gasteiger partial charge >= 0.3 is 0 Å². The van der Waals surface area contributed by atoms with Crippen molar-refractivity contribution in [3.05, 3.63) is 33.1 Å². The lowest BCUT2D eigenvalue weighted by atomic mass is 10.0. The second kappa shape index (κ2) is 6.36. The van der Waals surface area contributed by atoms with Gasteiger partial charge in [-0.3, -0.25) is 14.9 Å². The Bertz CT molecular complexity index is 566. The van der Waals surface area contributed by atoms with E-state index in [0.717, 1.165) is 25.5 Å². The summed E-state index contributed by atoms with van der Waals surface area (Å²) >= 11 is 5.76. The van der Waals surface area contributed by atoms with E-state index in [1.165, 1.54) is 6.07 Å². The SMILES string of the molecule is CN(C(=O)c1cc(Cl)ncc1[N+](=O)[O-])C1CCCC1CN. The molecule has 2 N–H and O–H groups in total. The van der Waals surface area contributed by atoms with E-state index in [2.05, 4.69) is 4.98 Å². The molecule has 1 saturated carbocycles. The van der Waals surface area contributed by atoms with Gasteiger partial charge in [-0.1, -0.05) is 18.0 Å². The third-order valence-corrected chi connectivity index (χ3v) is 4.22. The van der Waals surface area contributed by atoms with E-state index < -0.39 is 10.8 Å². The van der Waals surface area contributed by atoms with Gasteiger partial charge in [-0.2, -0.15) is 0 Å². The molecule has 1 aliphatic rings. The van der Waals surface area contributed by atoms with Gasteiger partial charge in [-0.15, -0.1) is 0 Å². The number of amides is 1. The quantitative estimate of drug-likeness (QED) is 0.519. The number of pyridine rings is 1. The summed E-state index contributed by atoms with van der Waals surface area (Å²) in [5.41, 5.74) is 5.35. The maximum absolute atomic E-state index is 12.6. The number of carbonyl (C=O) groups is 1. The first-order valence-electron chi connectivity index (χ1n) is 6.73. The Labute approximate surface area is 127 Å². The van der Waals surface area contributed by atoms with Crippen molar-refractivity contribution in [1.29, 1.82) is 0 Å². The molecule has 0 spiro atoms. The zero-order valence-corrected chi connectivity index (χ0v) is 12.4. The predicted molar refractivity (Wildman–Crippen MR) is 78.2 cm³/mol. The van der Waals surface area contributed by atoms with Gasteiger partial charge in [0, 0.05) is 13.1 Å². The zero-order chi connectivity index (χ0) is 15.6. The molecular formula is C13H17ClN4O3. The lowest BCUT2D eigenvalue weighted by molar-refractivity contribution is -0.385. The average Bonchev–Trinajstić information content (AvgIpc) is 2.93. The topological polar surface area (TPSA) is 102 Å². The van der Waals surface area contributed by atoms with Gasteiger partial charge in [0.05, 0.1) is 4.92 Å². The summed E-state index contributed by atoms with van der Waals surface area (Å²) < 4.78 is 0. The maximum Gasteiger partial charge on any atom is 0.300 e. The van der Waals surface area contributed by atoms with E-state index in [4.69, 9.17) is 17.3 Å². The highest BCUT2D eigenvalue weighted by Crippen LogP contribution is 2.31. The number of halogens is 1. The number of nitrogens with two attached hydrogens (primary N) is 1. The summed E-state index contributed by atoms with van der Waals surface area (Å²) in [6, 6.07) is 1.25. The lowest BCUT2D eigenvalue weighted by Crippen LogP contribution is -2.41. The van der Waals surface area contributed by atoms with Crippen LogP contribution in [0.3, 0.4) is 0 Å². The standard InChI is InChI=1S/C13H17ClN4O3/c1-17(10-4-2-3-8(10)6-15)13(19)9-5-12(14)16-7-11(9)18(20)21/h5,7-8,10H,2-4,6,15H2,1H3. The molecule has 114 valence electrons. The van der Waals surface area contributed by atoms with Crippen LogP contribution < -0.4 is 5.73 Å². The van der Waals surface area contributed by atoms with Gasteiger partial charge in [-0.25, -0.2) is 4.98 Å². The van der Waals surface area contributed by atoms with Crippen LogP contribution in [0.25, 0.3) is 0 Å². The number of nitrogens with zero attached hydrogens (tertiary/aromatic N) is 3. The van der Waals surface area contributed by atoms with E-state index in [1.54, 1.807) is 11.9 Å². The first-order chi connectivity index (χ1) is 9.95. The fraction of sp³-hybridized carbons (Fsp3) is 0.538. The molecule has 1 amide bonds. The Balaban J connectivity index is 2.31. The normalized spacial score (nSPS) is 21.3. The lowest BCUT2D eigenvalue weighted by Gasteiger charge is -2.29. The Morgan fingerprint density at radius 1 is 1.62 bits per heavy atom. The molecular weight excluding hydrogens is 296 g/mol. The maximum atomic E-state index is 12.6. The van der Waals surface area contributed by atoms with Crippen LogP contribution in [-0.4, -0.2) is 40.3 Å². The fourth-order valence-electron chi connectivity index (χ4n) is 2.88. The van der Waals surface area contributed by atoms with E-state index in [1.807, 2.05) is 0 Å². The number of nitro groups is 1. The molecule has 0 bridgehead atoms. The smallest absolute Gasteiger partial charge is 0.300 e. The molecule has 0 radical (unpaired) electrons. The molecule has 1 aromatic heterocycles. The Kier molecular flexibility index (Phi) is 4.74. The molecule has 0 saturated heterocycles. The predicted octanol–water partition coefficient (Wildman–Crippen LogP) is 1.84. The molecule has 21 heavy (non-hydrogen) atoms. The van der Waals surface area contributed by atoms with E-state index in [9.17, 15) is 14.9 Å². The van der Waals surface area contributed by atoms with Crippen LogP contribution in [0, 0.1) is 16.0 Å². The van der Waals surface area contributed by atoms with Crippen LogP contribution in [0.1, 0.15) is 29.6 Å². The van der Waals surface area contributed by atoms with Crippen LogP contribution in [-0.2, 0) is 0 Å². The summed E-state index contributed by atoms with van der Waals surface area (Å²) in [7, 11) is 1.65. The van der Waals surface area contributed by atoms with Gasteiger partial charge in [0.2, 0.25) is 0 Å². The van der Waals surface area contributed by atoms with Gasteiger partial charge in [0.25, 0.3) is 11.6 Å². The highest BCUT2D eigenvalue weighted by Gasteiger charge is 2.34. The average molecular weight is 313 g/mol. The van der Waals surface area contributed by atoms with Crippen LogP contribution in [0.5, 0.6) is 0 Å². The van der Waals surface area contributed by atoms with E-state index in [0.29, 0.717) is 6.54 Å². The Morgan fingerprint density at radius 3 is 2.95 bits per heavy atom. The zero-order valence-electron chi connectivity index (χ0n) is 11.7. The third kappa shape index (κ3) is 3.14. The minimum Gasteiger partial charge on any atom is -0.338 e. The van der Waals surface area contributed by atoms with Crippen LogP contribution >= 0.6 is 11.6 Å². The number of carbonyl (C=O) groups excluding carboxylic acids is 1. The van der Waals surface area contributed by atoms with Crippen molar-refractivity contribution < 1.29 is 9.72 Å². The van der Waals surface area contributed by atoms with Gasteiger partial charge in [0.1, 0.15) is 16.9 Å². The number of rotatable bonds is 4. The molecule has 0 aromatic carbocycles. The number of aromatic nitrogens is 1. The summed E-state index contributed by atoms with van der Waals surface area (Å²) in [6.45, 7) is 0.501. The Hall–Kier alpha value is -1.73. The van der Waals surface area contributed by atoms with Crippen molar-refractivity contribution in [3.63, 3.8) is 0 Å². The van der Waals surface area contributed by atoms with Gasteiger partial charge < -0.3 is 10.6 Å². The summed E-state index contributed by atoms with van der Waals surface area (Å²) in [5.74, 6) is -0.188. The molecule has 2 rings (SSSR count). The molecule has 7 nitrogen and oxygen atoms in total. The molecule has 1 aromatic rings. The van der Waals surface area contributed by atoms with E-state index in [-0.39, 0.29) is 28.4 Å². The number of hydrogen-bond donors (Lipinski definition) is 1. The fourth-order valence-corrected chi connectivity index (χ4v) is 3.04. The van der Waals surface area contributed by atoms with Crippen LogP contribution in [0.15, 0.2) is 12.3 Å². The largest absolute Gasteiger partial charge is 0.338 e. The highest BCUT2D eigenvalue weighted by atomic mass is 35.5. The van der Waals surface area contributed by atoms with Crippen molar-refractivity contribution in [2.24, 2.45) is 11.7 Å². The molecule has 0 aliphatic heterocycles. The molecule has 1 aliphatic carbocycles. The molecule has 8 heteroatoms. The minimum absolute atomic E-state index is 0.00837. The van der Waals surface area contributed by atoms with Crippen molar-refractivity contribution in [2.45, 2.75) is 25.3 Å². The second-order valence-electron chi connectivity index (χ2n) is 5.19. The second-order valence-corrected chi connectivity index (χ2v) is 5.58. The van der Waals surface area contributed by atoms with Crippen LogP contribution in [0.4, 0.5) is 5.69 Å². The van der Waals surface area contributed by atoms with Crippen molar-refractivity contribution >= 4 is 23.2 Å². The number of hydrogen-bond acceptors (Lipinski definition) is 5. The molecule has 1 fully saturated rings. The molecule has 1 heterocycles.